The van der Waals surface area contributed by atoms with Crippen molar-refractivity contribution in [1.82, 2.24) is 0 Å². The summed E-state index contributed by atoms with van der Waals surface area (Å²) in [6.45, 7) is 9.02. The van der Waals surface area contributed by atoms with E-state index in [4.69, 9.17) is 11.3 Å². The van der Waals surface area contributed by atoms with Crippen LogP contribution in [0.3, 0.4) is 0 Å². The Bertz CT molecular complexity index is 429. The van der Waals surface area contributed by atoms with Crippen LogP contribution in [0.2, 0.25) is 0 Å². The van der Waals surface area contributed by atoms with E-state index in [9.17, 15) is 4.79 Å². The van der Waals surface area contributed by atoms with Crippen molar-refractivity contribution in [2.45, 2.75) is 13.5 Å². The maximum atomic E-state index is 11.1. The van der Waals surface area contributed by atoms with Gasteiger partial charge in [-0.3, -0.25) is 0 Å². The summed E-state index contributed by atoms with van der Waals surface area (Å²) in [5.41, 5.74) is 2.84. The summed E-state index contributed by atoms with van der Waals surface area (Å²) in [6, 6.07) is 3.45. The molecule has 1 aromatic rings. The van der Waals surface area contributed by atoms with Crippen molar-refractivity contribution >= 4 is 11.7 Å². The van der Waals surface area contributed by atoms with Gasteiger partial charge < -0.3 is 4.74 Å². The lowest BCUT2D eigenvalue weighted by molar-refractivity contribution is 0.0535. The normalized spacial score (nSPS) is 13.4. The van der Waals surface area contributed by atoms with Crippen LogP contribution in [-0.4, -0.2) is 5.97 Å². The molecule has 0 bridgehead atoms. The van der Waals surface area contributed by atoms with Gasteiger partial charge in [-0.25, -0.2) is 9.64 Å². The number of ether oxygens (including phenoxy) is 1. The molecule has 3 nitrogen and oxygen atoms in total. The van der Waals surface area contributed by atoms with Gasteiger partial charge in [0.25, 0.3) is 0 Å². The van der Waals surface area contributed by atoms with Gasteiger partial charge in [-0.2, -0.15) is 0 Å². The van der Waals surface area contributed by atoms with E-state index in [1.807, 2.05) is 6.92 Å². The predicted octanol–water partition coefficient (Wildman–Crippen LogP) is 2.22. The Balaban J connectivity index is 2.65. The number of esters is 1. The Hall–Kier alpha value is -1.82. The molecule has 0 amide bonds. The molecule has 0 saturated heterocycles. The molecule has 0 aromatic heterocycles. The van der Waals surface area contributed by atoms with E-state index in [-0.39, 0.29) is 5.97 Å². The molecular formula is C10H7NO2. The van der Waals surface area contributed by atoms with Gasteiger partial charge in [0.15, 0.2) is 5.69 Å². The van der Waals surface area contributed by atoms with Crippen LogP contribution in [0.25, 0.3) is 4.85 Å². The molecule has 0 fully saturated rings. The van der Waals surface area contributed by atoms with Crippen molar-refractivity contribution in [3.05, 3.63) is 40.2 Å². The van der Waals surface area contributed by atoms with Crippen LogP contribution in [0, 0.1) is 13.5 Å². The van der Waals surface area contributed by atoms with Gasteiger partial charge in [0, 0.05) is 0 Å². The standard InChI is InChI=1S/C10H7NO2/c1-6-3-8-7(4-9(6)11-2)5-13-10(8)12/h3-4H,5H2,1H3. The number of carbonyl (C=O) groups excluding carboxylic acids is 1. The van der Waals surface area contributed by atoms with Gasteiger partial charge in [-0.05, 0) is 24.1 Å². The minimum Gasteiger partial charge on any atom is -0.457 e. The Kier molecular flexibility index (Phi) is 1.56. The third kappa shape index (κ3) is 1.07. The molecule has 0 unspecified atom stereocenters. The summed E-state index contributed by atoms with van der Waals surface area (Å²) >= 11 is 0. The summed E-state index contributed by atoms with van der Waals surface area (Å²) < 4.78 is 4.84. The fraction of sp³-hybridized carbons (Fsp3) is 0.200. The first kappa shape index (κ1) is 7.81. The molecule has 3 heteroatoms. The van der Waals surface area contributed by atoms with E-state index >= 15 is 0 Å². The summed E-state index contributed by atoms with van der Waals surface area (Å²) in [6.07, 6.45) is 0. The molecule has 0 atom stereocenters. The summed E-state index contributed by atoms with van der Waals surface area (Å²) in [5, 5.41) is 0. The Morgan fingerprint density at radius 3 is 3.00 bits per heavy atom. The average Bonchev–Trinajstić information content (AvgIpc) is 2.47. The van der Waals surface area contributed by atoms with Gasteiger partial charge in [0.2, 0.25) is 0 Å². The first-order valence-corrected chi connectivity index (χ1v) is 3.90. The second-order valence-electron chi connectivity index (χ2n) is 2.98. The fourth-order valence-corrected chi connectivity index (χ4v) is 1.39. The SMILES string of the molecule is [C-]#[N+]c1cc2c(cc1C)C(=O)OC2. The molecule has 1 aliphatic heterocycles. The molecular weight excluding hydrogens is 166 g/mol. The van der Waals surface area contributed by atoms with Crippen molar-refractivity contribution < 1.29 is 9.53 Å². The smallest absolute Gasteiger partial charge is 0.338 e. The van der Waals surface area contributed by atoms with Crippen LogP contribution in [0.4, 0.5) is 5.69 Å². The lowest BCUT2D eigenvalue weighted by Crippen LogP contribution is -1.93. The van der Waals surface area contributed by atoms with E-state index < -0.39 is 0 Å². The van der Waals surface area contributed by atoms with E-state index in [0.29, 0.717) is 17.9 Å². The summed E-state index contributed by atoms with van der Waals surface area (Å²) in [5.74, 6) is -0.283. The highest BCUT2D eigenvalue weighted by atomic mass is 16.5. The second kappa shape index (κ2) is 2.60. The third-order valence-electron chi connectivity index (χ3n) is 2.12. The summed E-state index contributed by atoms with van der Waals surface area (Å²) in [7, 11) is 0. The largest absolute Gasteiger partial charge is 0.457 e. The second-order valence-corrected chi connectivity index (χ2v) is 2.98. The van der Waals surface area contributed by atoms with Crippen molar-refractivity contribution in [3.63, 3.8) is 0 Å². The van der Waals surface area contributed by atoms with Gasteiger partial charge >= 0.3 is 5.97 Å². The molecule has 1 heterocycles. The maximum absolute atomic E-state index is 11.1. The molecule has 0 radical (unpaired) electrons. The minimum atomic E-state index is -0.283. The minimum absolute atomic E-state index is 0.283. The number of benzene rings is 1. The average molecular weight is 173 g/mol. The van der Waals surface area contributed by atoms with Crippen molar-refractivity contribution in [3.8, 4) is 0 Å². The third-order valence-corrected chi connectivity index (χ3v) is 2.12. The van der Waals surface area contributed by atoms with Gasteiger partial charge in [-0.1, -0.05) is 6.07 Å². The molecule has 13 heavy (non-hydrogen) atoms. The molecule has 64 valence electrons. The van der Waals surface area contributed by atoms with Crippen LogP contribution >= 0.6 is 0 Å². The van der Waals surface area contributed by atoms with Gasteiger partial charge in [0.05, 0.1) is 12.1 Å². The highest BCUT2D eigenvalue weighted by Crippen LogP contribution is 2.28. The topological polar surface area (TPSA) is 30.7 Å². The number of rotatable bonds is 0. The fourth-order valence-electron chi connectivity index (χ4n) is 1.39. The predicted molar refractivity (Wildman–Crippen MR) is 46.6 cm³/mol. The highest BCUT2D eigenvalue weighted by Gasteiger charge is 2.21. The number of nitrogens with zero attached hydrogens (tertiary/aromatic N) is 1. The van der Waals surface area contributed by atoms with Crippen LogP contribution in [-0.2, 0) is 11.3 Å². The van der Waals surface area contributed by atoms with E-state index in [1.165, 1.54) is 0 Å². The monoisotopic (exact) mass is 173 g/mol. The maximum Gasteiger partial charge on any atom is 0.338 e. The van der Waals surface area contributed by atoms with Crippen LogP contribution in [0.1, 0.15) is 21.5 Å². The van der Waals surface area contributed by atoms with Gasteiger partial charge in [0.1, 0.15) is 6.61 Å². The van der Waals surface area contributed by atoms with E-state index in [2.05, 4.69) is 4.85 Å². The molecule has 1 aliphatic rings. The van der Waals surface area contributed by atoms with Crippen LogP contribution in [0.5, 0.6) is 0 Å². The Labute approximate surface area is 75.8 Å². The molecule has 0 saturated carbocycles. The van der Waals surface area contributed by atoms with Crippen molar-refractivity contribution in [2.24, 2.45) is 0 Å². The van der Waals surface area contributed by atoms with E-state index in [0.717, 1.165) is 11.1 Å². The zero-order chi connectivity index (χ0) is 9.42. The number of carbonyl (C=O) groups is 1. The van der Waals surface area contributed by atoms with E-state index in [1.54, 1.807) is 12.1 Å². The number of hydrogen-bond donors (Lipinski definition) is 0. The lowest BCUT2D eigenvalue weighted by atomic mass is 10.1. The molecule has 0 aliphatic carbocycles. The lowest BCUT2D eigenvalue weighted by Gasteiger charge is -1.98. The number of hydrogen-bond acceptors (Lipinski definition) is 2. The molecule has 0 N–H and O–H groups in total. The molecule has 2 rings (SSSR count). The first-order chi connectivity index (χ1) is 6.22. The zero-order valence-corrected chi connectivity index (χ0v) is 7.13. The van der Waals surface area contributed by atoms with Crippen molar-refractivity contribution in [2.75, 3.05) is 0 Å². The number of aryl methyl sites for hydroxylation is 1. The number of cyclic esters (lactones) is 1. The molecule has 1 aromatic carbocycles. The van der Waals surface area contributed by atoms with Gasteiger partial charge in [-0.15, -0.1) is 0 Å². The van der Waals surface area contributed by atoms with Crippen LogP contribution in [0.15, 0.2) is 12.1 Å². The van der Waals surface area contributed by atoms with Crippen LogP contribution < -0.4 is 0 Å². The quantitative estimate of drug-likeness (QED) is 0.445. The Morgan fingerprint density at radius 2 is 2.31 bits per heavy atom. The molecule has 0 spiro atoms. The highest BCUT2D eigenvalue weighted by molar-refractivity contribution is 5.94. The first-order valence-electron chi connectivity index (χ1n) is 3.90. The number of fused-ring (bicyclic) bond motifs is 1. The summed E-state index contributed by atoms with van der Waals surface area (Å²) in [4.78, 5) is 14.5. The zero-order valence-electron chi connectivity index (χ0n) is 7.13. The Morgan fingerprint density at radius 1 is 1.54 bits per heavy atom. The van der Waals surface area contributed by atoms with Crippen molar-refractivity contribution in [1.29, 1.82) is 0 Å².